The summed E-state index contributed by atoms with van der Waals surface area (Å²) in [5, 5.41) is 3.91. The van der Waals surface area contributed by atoms with Gasteiger partial charge in [-0.05, 0) is 25.0 Å². The molecule has 1 amide bonds. The number of rotatable bonds is 4. The van der Waals surface area contributed by atoms with E-state index in [1.165, 1.54) is 23.2 Å². The topological polar surface area (TPSA) is 80.0 Å². The van der Waals surface area contributed by atoms with Crippen LogP contribution >= 0.6 is 0 Å². The first kappa shape index (κ1) is 22.4. The average molecular weight is 481 g/mol. The molecule has 180 valence electrons. The summed E-state index contributed by atoms with van der Waals surface area (Å²) in [6.45, 7) is 0.601. The summed E-state index contributed by atoms with van der Waals surface area (Å²) in [4.78, 5) is 28.1. The molecule has 3 aromatic heterocycles. The number of anilines is 2. The molecule has 2 aliphatic heterocycles. The zero-order valence-electron chi connectivity index (χ0n) is 17.8. The van der Waals surface area contributed by atoms with E-state index in [2.05, 4.69) is 20.1 Å². The molecule has 1 spiro atoms. The summed E-state index contributed by atoms with van der Waals surface area (Å²) in [5.74, 6) is 0.148. The molecule has 5 heterocycles. The van der Waals surface area contributed by atoms with Crippen LogP contribution in [0.25, 0.3) is 11.2 Å². The lowest BCUT2D eigenvalue weighted by atomic mass is 9.77. The molecule has 0 bridgehead atoms. The highest BCUT2D eigenvalue weighted by atomic mass is 19.4. The zero-order valence-corrected chi connectivity index (χ0v) is 17.8. The molecule has 0 aliphatic carbocycles. The third-order valence-corrected chi connectivity index (χ3v) is 6.46. The van der Waals surface area contributed by atoms with Gasteiger partial charge < -0.3 is 9.80 Å². The van der Waals surface area contributed by atoms with Crippen LogP contribution in [0.2, 0.25) is 0 Å². The molecule has 8 nitrogen and oxygen atoms in total. The number of carbonyl (C=O) groups excluding carboxylic acids is 1. The molecule has 0 aromatic carbocycles. The highest BCUT2D eigenvalue weighted by molar-refractivity contribution is 5.97. The van der Waals surface area contributed by atoms with E-state index in [1.54, 1.807) is 6.20 Å². The normalized spacial score (nSPS) is 18.6. The van der Waals surface area contributed by atoms with Gasteiger partial charge in [-0.25, -0.2) is 28.4 Å². The van der Waals surface area contributed by atoms with Crippen molar-refractivity contribution < 1.29 is 26.7 Å². The van der Waals surface area contributed by atoms with Crippen molar-refractivity contribution in [2.24, 2.45) is 5.41 Å². The maximum atomic E-state index is 13.4. The second-order valence-electron chi connectivity index (χ2n) is 8.67. The Hall–Kier alpha value is -3.38. The van der Waals surface area contributed by atoms with Crippen molar-refractivity contribution in [1.82, 2.24) is 24.7 Å². The van der Waals surface area contributed by atoms with Crippen molar-refractivity contribution in [2.75, 3.05) is 29.4 Å². The fourth-order valence-corrected chi connectivity index (χ4v) is 4.75. The first-order valence-corrected chi connectivity index (χ1v) is 10.7. The third-order valence-electron chi connectivity index (χ3n) is 6.46. The second kappa shape index (κ2) is 8.13. The van der Waals surface area contributed by atoms with Crippen LogP contribution in [0.4, 0.5) is 33.5 Å². The molecule has 2 fully saturated rings. The van der Waals surface area contributed by atoms with E-state index in [1.807, 2.05) is 4.90 Å². The predicted molar refractivity (Wildman–Crippen MR) is 111 cm³/mol. The molecular weight excluding hydrogens is 461 g/mol. The molecule has 2 aliphatic rings. The summed E-state index contributed by atoms with van der Waals surface area (Å²) in [6.07, 6.45) is -1.98. The zero-order chi connectivity index (χ0) is 24.1. The molecule has 0 atom stereocenters. The monoisotopic (exact) mass is 481 g/mol. The van der Waals surface area contributed by atoms with E-state index >= 15 is 0 Å². The maximum absolute atomic E-state index is 13.4. The number of hydrogen-bond acceptors (Lipinski definition) is 6. The smallest absolute Gasteiger partial charge is 0.355 e. The first-order valence-electron chi connectivity index (χ1n) is 10.7. The van der Waals surface area contributed by atoms with Crippen molar-refractivity contribution in [3.8, 4) is 0 Å². The lowest BCUT2D eigenvalue weighted by Crippen LogP contribution is -2.42. The van der Waals surface area contributed by atoms with E-state index < -0.39 is 30.3 Å². The lowest BCUT2D eigenvalue weighted by Gasteiger charge is -2.39. The number of piperidine rings is 1. The Kier molecular flexibility index (Phi) is 5.36. The van der Waals surface area contributed by atoms with E-state index in [9.17, 15) is 26.7 Å². The number of hydrogen-bond donors (Lipinski definition) is 0. The first-order chi connectivity index (χ1) is 16.2. The molecule has 0 saturated carbocycles. The van der Waals surface area contributed by atoms with Gasteiger partial charge in [0.1, 0.15) is 17.9 Å². The Morgan fingerprint density at radius 2 is 1.88 bits per heavy atom. The number of aromatic nitrogens is 5. The van der Waals surface area contributed by atoms with Crippen molar-refractivity contribution in [3.05, 3.63) is 36.4 Å². The van der Waals surface area contributed by atoms with Crippen LogP contribution < -0.4 is 9.80 Å². The van der Waals surface area contributed by atoms with Crippen LogP contribution in [0.3, 0.4) is 0 Å². The Balaban J connectivity index is 1.33. The van der Waals surface area contributed by atoms with Gasteiger partial charge in [-0.1, -0.05) is 0 Å². The number of amides is 1. The second-order valence-corrected chi connectivity index (χ2v) is 8.67. The summed E-state index contributed by atoms with van der Waals surface area (Å²) in [6, 6.07) is 2.66. The molecule has 3 aromatic rings. The van der Waals surface area contributed by atoms with Crippen LogP contribution in [-0.2, 0) is 17.5 Å². The van der Waals surface area contributed by atoms with Gasteiger partial charge in [0, 0.05) is 37.7 Å². The molecule has 2 saturated heterocycles. The van der Waals surface area contributed by atoms with Crippen molar-refractivity contribution >= 4 is 28.6 Å². The van der Waals surface area contributed by atoms with Crippen LogP contribution in [0.1, 0.15) is 25.0 Å². The molecule has 34 heavy (non-hydrogen) atoms. The van der Waals surface area contributed by atoms with Gasteiger partial charge in [-0.2, -0.15) is 18.3 Å². The van der Waals surface area contributed by atoms with Crippen molar-refractivity contribution in [3.63, 3.8) is 0 Å². The summed E-state index contributed by atoms with van der Waals surface area (Å²) in [5.41, 5.74) is -1.07. The fourth-order valence-electron chi connectivity index (χ4n) is 4.75. The average Bonchev–Trinajstić information content (AvgIpc) is 3.33. The number of carbonyl (C=O) groups is 1. The SMILES string of the molecule is O=C1CC2(CCN(c3cnc4cnn(CC(F)F)c4n3)CC2)CN1c1cccnc1C(F)(F)F. The minimum atomic E-state index is -4.66. The predicted octanol–water partition coefficient (Wildman–Crippen LogP) is 3.53. The van der Waals surface area contributed by atoms with Crippen LogP contribution in [0.5, 0.6) is 0 Å². The number of alkyl halides is 5. The van der Waals surface area contributed by atoms with Crippen molar-refractivity contribution in [2.45, 2.75) is 38.4 Å². The van der Waals surface area contributed by atoms with E-state index in [4.69, 9.17) is 0 Å². The maximum Gasteiger partial charge on any atom is 0.435 e. The van der Waals surface area contributed by atoms with Gasteiger partial charge in [-0.15, -0.1) is 0 Å². The molecule has 0 unspecified atom stereocenters. The Morgan fingerprint density at radius 1 is 1.12 bits per heavy atom. The summed E-state index contributed by atoms with van der Waals surface area (Å²) in [7, 11) is 0. The Labute approximate surface area is 190 Å². The van der Waals surface area contributed by atoms with E-state index in [0.29, 0.717) is 37.3 Å². The number of halogens is 5. The standard InChI is InChI=1S/C21H20F5N7O/c22-15(23)11-33-19-13(9-29-33)28-10-16(30-19)31-6-3-20(4-7-31)8-17(34)32(12-20)14-2-1-5-27-18(14)21(24,25)26/h1-2,5,9-10,15H,3-4,6-8,11-12H2. The lowest BCUT2D eigenvalue weighted by molar-refractivity contribution is -0.140. The highest BCUT2D eigenvalue weighted by Gasteiger charge is 2.48. The largest absolute Gasteiger partial charge is 0.435 e. The molecular formula is C21H20F5N7O. The third kappa shape index (κ3) is 4.03. The minimum Gasteiger partial charge on any atom is -0.355 e. The van der Waals surface area contributed by atoms with Gasteiger partial charge in [0.05, 0.1) is 18.1 Å². The van der Waals surface area contributed by atoms with Crippen LogP contribution in [-0.4, -0.2) is 56.7 Å². The highest BCUT2D eigenvalue weighted by Crippen LogP contribution is 2.45. The molecule has 5 rings (SSSR count). The van der Waals surface area contributed by atoms with E-state index in [0.717, 1.165) is 10.9 Å². The summed E-state index contributed by atoms with van der Waals surface area (Å²) < 4.78 is 67.0. The fraction of sp³-hybridized carbons (Fsp3) is 0.476. The van der Waals surface area contributed by atoms with Gasteiger partial charge in [-0.3, -0.25) is 4.79 Å². The van der Waals surface area contributed by atoms with Gasteiger partial charge >= 0.3 is 6.18 Å². The van der Waals surface area contributed by atoms with Gasteiger partial charge in [0.15, 0.2) is 11.3 Å². The molecule has 0 N–H and O–H groups in total. The van der Waals surface area contributed by atoms with Crippen LogP contribution in [0.15, 0.2) is 30.7 Å². The molecule has 0 radical (unpaired) electrons. The Bertz CT molecular complexity index is 1220. The summed E-state index contributed by atoms with van der Waals surface area (Å²) >= 11 is 0. The number of nitrogens with zero attached hydrogens (tertiary/aromatic N) is 7. The van der Waals surface area contributed by atoms with E-state index in [-0.39, 0.29) is 30.2 Å². The minimum absolute atomic E-state index is 0.152. The Morgan fingerprint density at radius 3 is 2.59 bits per heavy atom. The van der Waals surface area contributed by atoms with Gasteiger partial charge in [0.2, 0.25) is 5.91 Å². The number of fused-ring (bicyclic) bond motifs is 1. The molecule has 13 heteroatoms. The quantitative estimate of drug-likeness (QED) is 0.531. The number of pyridine rings is 1. The van der Waals surface area contributed by atoms with Gasteiger partial charge in [0.25, 0.3) is 6.43 Å². The van der Waals surface area contributed by atoms with Crippen LogP contribution in [0, 0.1) is 5.41 Å². The van der Waals surface area contributed by atoms with Crippen molar-refractivity contribution in [1.29, 1.82) is 0 Å².